The molecular weight excluding hydrogens is 486 g/mol. The van der Waals surface area contributed by atoms with Crippen LogP contribution in [0.3, 0.4) is 0 Å². The topological polar surface area (TPSA) is 97.9 Å². The van der Waals surface area contributed by atoms with Crippen LogP contribution in [0.1, 0.15) is 21.5 Å². The van der Waals surface area contributed by atoms with Gasteiger partial charge >= 0.3 is 0 Å². The van der Waals surface area contributed by atoms with Crippen molar-refractivity contribution >= 4 is 45.1 Å². The molecule has 2 amide bonds. The lowest BCUT2D eigenvalue weighted by molar-refractivity contribution is -0.123. The van der Waals surface area contributed by atoms with Gasteiger partial charge in [-0.2, -0.15) is 0 Å². The Morgan fingerprint density at radius 3 is 2.52 bits per heavy atom. The van der Waals surface area contributed by atoms with Gasteiger partial charge in [-0.15, -0.1) is 0 Å². The van der Waals surface area contributed by atoms with E-state index in [-0.39, 0.29) is 11.7 Å². The predicted molar refractivity (Wildman–Crippen MR) is 124 cm³/mol. The smallest absolute Gasteiger partial charge is 0.276 e. The van der Waals surface area contributed by atoms with Crippen LogP contribution in [0.25, 0.3) is 0 Å². The average Bonchev–Trinajstić information content (AvgIpc) is 2.74. The highest BCUT2D eigenvalue weighted by Gasteiger charge is 2.12. The van der Waals surface area contributed by atoms with Gasteiger partial charge in [-0.3, -0.25) is 25.8 Å². The Balaban J connectivity index is 1.78. The van der Waals surface area contributed by atoms with Crippen molar-refractivity contribution in [2.75, 3.05) is 26.9 Å². The second-order valence-corrected chi connectivity index (χ2v) is 7.69. The highest BCUT2D eigenvalue weighted by molar-refractivity contribution is 9.10. The molecule has 10 heteroatoms. The third-order valence-corrected chi connectivity index (χ3v) is 5.02. The van der Waals surface area contributed by atoms with Crippen LogP contribution in [0, 0.1) is 13.8 Å². The number of hydrazine groups is 1. The summed E-state index contributed by atoms with van der Waals surface area (Å²) < 4.78 is 16.6. The summed E-state index contributed by atoms with van der Waals surface area (Å²) in [5.74, 6) is 0.331. The molecule has 0 saturated heterocycles. The van der Waals surface area contributed by atoms with Crippen molar-refractivity contribution in [3.8, 4) is 11.5 Å². The van der Waals surface area contributed by atoms with E-state index in [0.29, 0.717) is 34.7 Å². The lowest BCUT2D eigenvalue weighted by Crippen LogP contribution is -2.49. The quantitative estimate of drug-likeness (QED) is 0.286. The van der Waals surface area contributed by atoms with Gasteiger partial charge in [-0.1, -0.05) is 12.1 Å². The minimum atomic E-state index is -0.446. The number of thiocarbonyl (C=S) groups is 1. The fraction of sp³-hybridized carbons (Fsp3) is 0.286. The third kappa shape index (κ3) is 7.82. The fourth-order valence-electron chi connectivity index (χ4n) is 2.39. The summed E-state index contributed by atoms with van der Waals surface area (Å²) in [5.41, 5.74) is 7.25. The summed E-state index contributed by atoms with van der Waals surface area (Å²) in [4.78, 5) is 24.3. The van der Waals surface area contributed by atoms with Crippen LogP contribution in [0.5, 0.6) is 11.5 Å². The molecule has 2 rings (SSSR count). The molecule has 0 saturated carbocycles. The molecule has 2 aromatic carbocycles. The molecule has 0 spiro atoms. The number of amides is 2. The van der Waals surface area contributed by atoms with Gasteiger partial charge in [0, 0.05) is 12.7 Å². The van der Waals surface area contributed by atoms with Crippen molar-refractivity contribution in [1.29, 1.82) is 0 Å². The number of benzene rings is 2. The second-order valence-electron chi connectivity index (χ2n) is 6.43. The molecule has 0 aromatic heterocycles. The van der Waals surface area contributed by atoms with Crippen molar-refractivity contribution in [1.82, 2.24) is 16.2 Å². The van der Waals surface area contributed by atoms with Gasteiger partial charge in [-0.25, -0.2) is 0 Å². The second kappa shape index (κ2) is 12.2. The monoisotopic (exact) mass is 509 g/mol. The zero-order valence-electron chi connectivity index (χ0n) is 17.4. The number of hydrogen-bond acceptors (Lipinski definition) is 6. The number of rotatable bonds is 8. The first-order chi connectivity index (χ1) is 14.8. The molecule has 0 aliphatic heterocycles. The van der Waals surface area contributed by atoms with E-state index in [9.17, 15) is 9.59 Å². The highest BCUT2D eigenvalue weighted by Crippen LogP contribution is 2.26. The van der Waals surface area contributed by atoms with E-state index in [1.807, 2.05) is 26.0 Å². The van der Waals surface area contributed by atoms with Crippen molar-refractivity contribution in [3.05, 3.63) is 57.6 Å². The average molecular weight is 510 g/mol. The molecule has 0 bridgehead atoms. The number of carbonyl (C=O) groups is 2. The maximum atomic E-state index is 12.3. The maximum absolute atomic E-state index is 12.3. The zero-order chi connectivity index (χ0) is 22.8. The minimum Gasteiger partial charge on any atom is -0.490 e. The summed E-state index contributed by atoms with van der Waals surface area (Å²) in [6, 6.07) is 10.5. The number of halogens is 1. The number of nitrogens with one attached hydrogen (secondary N) is 3. The summed E-state index contributed by atoms with van der Waals surface area (Å²) in [6.45, 7) is 4.52. The maximum Gasteiger partial charge on any atom is 0.276 e. The van der Waals surface area contributed by atoms with Crippen LogP contribution >= 0.6 is 28.1 Å². The van der Waals surface area contributed by atoms with Gasteiger partial charge in [-0.05, 0) is 77.4 Å². The van der Waals surface area contributed by atoms with Gasteiger partial charge in [0.1, 0.15) is 18.1 Å². The van der Waals surface area contributed by atoms with Gasteiger partial charge in [0.25, 0.3) is 11.8 Å². The summed E-state index contributed by atoms with van der Waals surface area (Å²) in [5, 5.41) is 2.43. The summed E-state index contributed by atoms with van der Waals surface area (Å²) >= 11 is 8.41. The van der Waals surface area contributed by atoms with Crippen LogP contribution in [-0.4, -0.2) is 43.9 Å². The van der Waals surface area contributed by atoms with Gasteiger partial charge in [0.2, 0.25) is 0 Å². The molecule has 166 valence electrons. The normalized spacial score (nSPS) is 10.2. The number of carbonyl (C=O) groups excluding carboxylic acids is 2. The number of methoxy groups -OCH3 is 1. The highest BCUT2D eigenvalue weighted by atomic mass is 79.9. The molecule has 0 unspecified atom stereocenters. The molecular formula is C21H24BrN3O5S. The van der Waals surface area contributed by atoms with Crippen LogP contribution in [-0.2, 0) is 9.53 Å². The third-order valence-electron chi connectivity index (χ3n) is 4.20. The van der Waals surface area contributed by atoms with Crippen molar-refractivity contribution in [2.45, 2.75) is 13.8 Å². The molecule has 0 radical (unpaired) electrons. The van der Waals surface area contributed by atoms with Crippen LogP contribution < -0.4 is 25.6 Å². The molecule has 0 aliphatic carbocycles. The number of ether oxygens (including phenoxy) is 3. The molecule has 8 nitrogen and oxygen atoms in total. The lowest BCUT2D eigenvalue weighted by Gasteiger charge is -2.13. The molecule has 0 heterocycles. The Bertz CT molecular complexity index is 955. The van der Waals surface area contributed by atoms with Gasteiger partial charge in [0.15, 0.2) is 11.7 Å². The predicted octanol–water partition coefficient (Wildman–Crippen LogP) is 2.81. The summed E-state index contributed by atoms with van der Waals surface area (Å²) in [6.07, 6.45) is 0. The lowest BCUT2D eigenvalue weighted by atomic mass is 10.1. The van der Waals surface area contributed by atoms with Crippen molar-refractivity contribution < 1.29 is 23.8 Å². The first-order valence-corrected chi connectivity index (χ1v) is 10.5. The first kappa shape index (κ1) is 24.6. The Morgan fingerprint density at radius 2 is 1.81 bits per heavy atom. The van der Waals surface area contributed by atoms with E-state index < -0.39 is 11.8 Å². The van der Waals surface area contributed by atoms with Crippen molar-refractivity contribution in [2.24, 2.45) is 0 Å². The largest absolute Gasteiger partial charge is 0.490 e. The van der Waals surface area contributed by atoms with E-state index in [1.54, 1.807) is 31.4 Å². The standard InChI is InChI=1S/C21H24BrN3O5S/c1-13-5-4-6-17(14(13)2)30-12-19(26)24-25-21(31)23-20(27)15-7-8-18(16(22)11-15)29-10-9-28-3/h4-8,11H,9-10,12H2,1-3H3,(H,24,26)(H2,23,25,27,31). The van der Waals surface area contributed by atoms with Crippen molar-refractivity contribution in [3.63, 3.8) is 0 Å². The van der Waals surface area contributed by atoms with Crippen LogP contribution in [0.2, 0.25) is 0 Å². The molecule has 2 aromatic rings. The molecule has 0 aliphatic rings. The Morgan fingerprint density at radius 1 is 1.03 bits per heavy atom. The number of hydrogen-bond donors (Lipinski definition) is 3. The Hall–Kier alpha value is -2.69. The SMILES string of the molecule is COCCOc1ccc(C(=O)NC(=S)NNC(=O)COc2cccc(C)c2C)cc1Br. The Labute approximate surface area is 194 Å². The molecule has 31 heavy (non-hydrogen) atoms. The fourth-order valence-corrected chi connectivity index (χ4v) is 3.02. The molecule has 0 fully saturated rings. The van der Waals surface area contributed by atoms with E-state index >= 15 is 0 Å². The summed E-state index contributed by atoms with van der Waals surface area (Å²) in [7, 11) is 1.59. The molecule has 0 atom stereocenters. The van der Waals surface area contributed by atoms with E-state index in [4.69, 9.17) is 26.4 Å². The van der Waals surface area contributed by atoms with E-state index in [2.05, 4.69) is 32.1 Å². The number of aryl methyl sites for hydroxylation is 1. The van der Waals surface area contributed by atoms with E-state index in [1.165, 1.54) is 0 Å². The molecule has 3 N–H and O–H groups in total. The first-order valence-electron chi connectivity index (χ1n) is 9.32. The van der Waals surface area contributed by atoms with Gasteiger partial charge < -0.3 is 14.2 Å². The Kier molecular flexibility index (Phi) is 9.70. The van der Waals surface area contributed by atoms with Gasteiger partial charge in [0.05, 0.1) is 11.1 Å². The minimum absolute atomic E-state index is 0.0540. The van der Waals surface area contributed by atoms with Crippen LogP contribution in [0.4, 0.5) is 0 Å². The zero-order valence-corrected chi connectivity index (χ0v) is 19.8. The van der Waals surface area contributed by atoms with E-state index in [0.717, 1.165) is 11.1 Å². The van der Waals surface area contributed by atoms with Crippen LogP contribution in [0.15, 0.2) is 40.9 Å².